The van der Waals surface area contributed by atoms with Crippen LogP contribution in [0.1, 0.15) is 5.69 Å². The van der Waals surface area contributed by atoms with Gasteiger partial charge in [0.25, 0.3) is 0 Å². The number of benzene rings is 6. The number of fused-ring (bicyclic) bond motifs is 3. The van der Waals surface area contributed by atoms with E-state index in [2.05, 4.69) is 128 Å². The summed E-state index contributed by atoms with van der Waals surface area (Å²) in [4.78, 5) is 20.2. The van der Waals surface area contributed by atoms with Gasteiger partial charge in [0.1, 0.15) is 0 Å². The van der Waals surface area contributed by atoms with E-state index in [-0.39, 0.29) is 0 Å². The molecule has 0 aliphatic rings. The lowest BCUT2D eigenvalue weighted by atomic mass is 9.94. The number of aryl methyl sites for hydroxylation is 1. The third-order valence-corrected chi connectivity index (χ3v) is 9.33. The van der Waals surface area contributed by atoms with E-state index in [0.29, 0.717) is 5.82 Å². The van der Waals surface area contributed by atoms with Crippen molar-refractivity contribution >= 4 is 21.8 Å². The predicted octanol–water partition coefficient (Wildman–Crippen LogP) is 11.9. The van der Waals surface area contributed by atoms with Crippen molar-refractivity contribution in [2.75, 3.05) is 0 Å². The van der Waals surface area contributed by atoms with Gasteiger partial charge in [0.15, 0.2) is 5.82 Å². The van der Waals surface area contributed by atoms with E-state index >= 15 is 0 Å². The van der Waals surface area contributed by atoms with Gasteiger partial charge in [-0.3, -0.25) is 4.98 Å². The van der Waals surface area contributed by atoms with Crippen molar-refractivity contribution < 1.29 is 0 Å². The maximum atomic E-state index is 5.13. The molecule has 0 amide bonds. The third-order valence-electron chi connectivity index (χ3n) is 9.33. The predicted molar refractivity (Wildman–Crippen MR) is 210 cm³/mol. The molecule has 9 aromatic rings. The first-order chi connectivity index (χ1) is 25.2. The lowest BCUT2D eigenvalue weighted by Crippen LogP contribution is -1.96. The Balaban J connectivity index is 1.14. The van der Waals surface area contributed by atoms with Gasteiger partial charge in [0.2, 0.25) is 0 Å². The second-order valence-corrected chi connectivity index (χ2v) is 12.8. The number of hydrogen-bond acceptors (Lipinski definition) is 4. The van der Waals surface area contributed by atoms with Crippen molar-refractivity contribution in [2.24, 2.45) is 0 Å². The Hall–Kier alpha value is -6.78. The highest BCUT2D eigenvalue weighted by Crippen LogP contribution is 2.36. The van der Waals surface area contributed by atoms with Crippen LogP contribution in [0.5, 0.6) is 0 Å². The molecule has 0 fully saturated rings. The van der Waals surface area contributed by atoms with Crippen molar-refractivity contribution in [3.05, 3.63) is 182 Å². The molecule has 0 bridgehead atoms. The molecule has 3 aromatic heterocycles. The Kier molecular flexibility index (Phi) is 7.67. The van der Waals surface area contributed by atoms with E-state index in [1.807, 2.05) is 54.6 Å². The van der Waals surface area contributed by atoms with Gasteiger partial charge in [-0.15, -0.1) is 0 Å². The minimum atomic E-state index is 0.706. The van der Waals surface area contributed by atoms with E-state index in [4.69, 9.17) is 19.9 Å². The fourth-order valence-electron chi connectivity index (χ4n) is 6.80. The van der Waals surface area contributed by atoms with Gasteiger partial charge in [-0.25, -0.2) is 15.0 Å². The van der Waals surface area contributed by atoms with Crippen LogP contribution in [0, 0.1) is 6.92 Å². The average Bonchev–Trinajstić information content (AvgIpc) is 3.21. The lowest BCUT2D eigenvalue weighted by molar-refractivity contribution is 1.18. The first-order valence-electron chi connectivity index (χ1n) is 17.1. The third kappa shape index (κ3) is 5.94. The van der Waals surface area contributed by atoms with Crippen molar-refractivity contribution in [3.8, 4) is 67.4 Å². The molecular formula is C47H32N4. The molecule has 4 nitrogen and oxygen atoms in total. The summed E-state index contributed by atoms with van der Waals surface area (Å²) in [5.74, 6) is 0.706. The van der Waals surface area contributed by atoms with Crippen LogP contribution in [0.25, 0.3) is 89.2 Å². The molecule has 9 rings (SSSR count). The first-order valence-corrected chi connectivity index (χ1v) is 17.1. The second kappa shape index (κ2) is 12.9. The van der Waals surface area contributed by atoms with Crippen LogP contribution >= 0.6 is 0 Å². The zero-order valence-corrected chi connectivity index (χ0v) is 28.0. The molecular weight excluding hydrogens is 621 g/mol. The fraction of sp³-hybridized carbons (Fsp3) is 0.0213. The molecule has 3 heterocycles. The molecule has 0 radical (unpaired) electrons. The summed E-state index contributed by atoms with van der Waals surface area (Å²) in [6.07, 6.45) is 0. The minimum Gasteiger partial charge on any atom is -0.251 e. The molecule has 0 saturated carbocycles. The summed E-state index contributed by atoms with van der Waals surface area (Å²) < 4.78 is 0. The molecule has 0 unspecified atom stereocenters. The topological polar surface area (TPSA) is 51.6 Å². The molecule has 0 aliphatic heterocycles. The molecule has 6 aromatic carbocycles. The molecule has 4 heteroatoms. The Morgan fingerprint density at radius 2 is 0.863 bits per heavy atom. The van der Waals surface area contributed by atoms with Crippen molar-refractivity contribution in [2.45, 2.75) is 6.92 Å². The molecule has 0 saturated heterocycles. The zero-order chi connectivity index (χ0) is 34.1. The summed E-state index contributed by atoms with van der Waals surface area (Å²) in [7, 11) is 0. The Morgan fingerprint density at radius 1 is 0.333 bits per heavy atom. The van der Waals surface area contributed by atoms with Gasteiger partial charge >= 0.3 is 0 Å². The fourth-order valence-corrected chi connectivity index (χ4v) is 6.80. The van der Waals surface area contributed by atoms with Gasteiger partial charge in [-0.05, 0) is 59.5 Å². The average molecular weight is 653 g/mol. The first kappa shape index (κ1) is 30.3. The lowest BCUT2D eigenvalue weighted by Gasteiger charge is -2.13. The number of nitrogens with zero attached hydrogens (tertiary/aromatic N) is 4. The summed E-state index contributed by atoms with van der Waals surface area (Å²) in [5.41, 5.74) is 14.2. The van der Waals surface area contributed by atoms with Gasteiger partial charge in [-0.2, -0.15) is 0 Å². The molecule has 240 valence electrons. The molecule has 0 N–H and O–H groups in total. The normalized spacial score (nSPS) is 11.2. The van der Waals surface area contributed by atoms with E-state index in [9.17, 15) is 0 Å². The van der Waals surface area contributed by atoms with Crippen LogP contribution in [0.3, 0.4) is 0 Å². The van der Waals surface area contributed by atoms with Gasteiger partial charge < -0.3 is 0 Å². The standard InChI is InChI=1S/C47H32N4/c1-31-27-41(40-25-23-34-24-26-42(32-13-5-2-6-14-32)49-45(34)46(40)48-31)38-21-11-19-36(28-38)37-20-12-22-39(29-37)44-30-43(33-15-7-3-8-16-33)50-47(51-44)35-17-9-4-10-18-35/h2-30H,1H3. The van der Waals surface area contributed by atoms with Crippen LogP contribution < -0.4 is 0 Å². The zero-order valence-electron chi connectivity index (χ0n) is 28.0. The van der Waals surface area contributed by atoms with Crippen molar-refractivity contribution in [1.82, 2.24) is 19.9 Å². The maximum absolute atomic E-state index is 5.13. The van der Waals surface area contributed by atoms with E-state index in [0.717, 1.165) is 89.1 Å². The number of rotatable bonds is 6. The number of aromatic nitrogens is 4. The Morgan fingerprint density at radius 3 is 1.55 bits per heavy atom. The van der Waals surface area contributed by atoms with Crippen LogP contribution in [-0.4, -0.2) is 19.9 Å². The molecule has 51 heavy (non-hydrogen) atoms. The van der Waals surface area contributed by atoms with Crippen molar-refractivity contribution in [3.63, 3.8) is 0 Å². The van der Waals surface area contributed by atoms with E-state index < -0.39 is 0 Å². The summed E-state index contributed by atoms with van der Waals surface area (Å²) >= 11 is 0. The highest BCUT2D eigenvalue weighted by atomic mass is 14.9. The van der Waals surface area contributed by atoms with Crippen LogP contribution in [0.15, 0.2) is 176 Å². The minimum absolute atomic E-state index is 0.706. The largest absolute Gasteiger partial charge is 0.251 e. The van der Waals surface area contributed by atoms with E-state index in [1.54, 1.807) is 0 Å². The van der Waals surface area contributed by atoms with Crippen LogP contribution in [-0.2, 0) is 0 Å². The second-order valence-electron chi connectivity index (χ2n) is 12.8. The highest BCUT2D eigenvalue weighted by Gasteiger charge is 2.14. The van der Waals surface area contributed by atoms with E-state index in [1.165, 1.54) is 0 Å². The van der Waals surface area contributed by atoms with Crippen LogP contribution in [0.2, 0.25) is 0 Å². The SMILES string of the molecule is Cc1cc(-c2cccc(-c3cccc(-c4cc(-c5ccccc5)nc(-c5ccccc5)n4)c3)c2)c2ccc3ccc(-c4ccccc4)nc3c2n1. The molecule has 0 spiro atoms. The quantitative estimate of drug-likeness (QED) is 0.168. The number of pyridine rings is 2. The monoisotopic (exact) mass is 652 g/mol. The summed E-state index contributed by atoms with van der Waals surface area (Å²) in [6, 6.07) is 61.0. The molecule has 0 atom stereocenters. The number of hydrogen-bond donors (Lipinski definition) is 0. The maximum Gasteiger partial charge on any atom is 0.160 e. The van der Waals surface area contributed by atoms with Gasteiger partial charge in [0.05, 0.1) is 28.1 Å². The summed E-state index contributed by atoms with van der Waals surface area (Å²) in [6.45, 7) is 2.06. The Bertz CT molecular complexity index is 2630. The molecule has 0 aliphatic carbocycles. The van der Waals surface area contributed by atoms with Crippen molar-refractivity contribution in [1.29, 1.82) is 0 Å². The highest BCUT2D eigenvalue weighted by molar-refractivity contribution is 6.09. The van der Waals surface area contributed by atoms with Crippen LogP contribution in [0.4, 0.5) is 0 Å². The van der Waals surface area contributed by atoms with Gasteiger partial charge in [0, 0.05) is 38.7 Å². The Labute approximate surface area is 296 Å². The smallest absolute Gasteiger partial charge is 0.160 e. The van der Waals surface area contributed by atoms with Gasteiger partial charge in [-0.1, -0.05) is 146 Å². The summed E-state index contributed by atoms with van der Waals surface area (Å²) in [5, 5.41) is 2.16.